The van der Waals surface area contributed by atoms with E-state index in [4.69, 9.17) is 9.47 Å². The van der Waals surface area contributed by atoms with E-state index < -0.39 is 23.0 Å². The number of carbonyl (C=O) groups excluding carboxylic acids is 2. The average molecular weight is 298 g/mol. The zero-order valence-corrected chi connectivity index (χ0v) is 11.7. The van der Waals surface area contributed by atoms with Crippen LogP contribution in [-0.2, 0) is 25.5 Å². The quantitative estimate of drug-likeness (QED) is 0.630. The first kappa shape index (κ1) is 15.6. The van der Waals surface area contributed by atoms with Crippen LogP contribution >= 0.6 is 0 Å². The molecule has 0 amide bonds. The number of esters is 1. The number of Topliss-reactive ketones (excluding diaryl/α,β-unsaturated/α-hetero) is 1. The van der Waals surface area contributed by atoms with E-state index >= 15 is 0 Å². The molecule has 0 N–H and O–H groups in total. The van der Waals surface area contributed by atoms with Gasteiger partial charge in [-0.3, -0.25) is 9.59 Å². The lowest BCUT2D eigenvalue weighted by Gasteiger charge is -2.33. The highest BCUT2D eigenvalue weighted by Gasteiger charge is 2.49. The fourth-order valence-corrected chi connectivity index (χ4v) is 2.46. The second-order valence-electron chi connectivity index (χ2n) is 4.98. The van der Waals surface area contributed by atoms with E-state index in [1.807, 2.05) is 0 Å². The Hall–Kier alpha value is -1.82. The molecule has 6 heteroatoms. The number of ketones is 1. The lowest BCUT2D eigenvalue weighted by molar-refractivity contribution is -0.169. The average Bonchev–Trinajstić information content (AvgIpc) is 2.40. The minimum absolute atomic E-state index is 0.0800. The number of benzene rings is 1. The molecule has 1 heterocycles. The summed E-state index contributed by atoms with van der Waals surface area (Å²) in [6.07, 6.45) is -0.0596. The van der Waals surface area contributed by atoms with Crippen LogP contribution < -0.4 is 0 Å². The van der Waals surface area contributed by atoms with Gasteiger partial charge in [0.05, 0.1) is 19.8 Å². The number of hydrogen-bond acceptors (Lipinski definition) is 4. The second-order valence-corrected chi connectivity index (χ2v) is 4.98. The molecule has 0 saturated carbocycles. The molecule has 1 atom stereocenters. The van der Waals surface area contributed by atoms with Crippen molar-refractivity contribution in [1.82, 2.24) is 0 Å². The van der Waals surface area contributed by atoms with Crippen molar-refractivity contribution >= 4 is 11.8 Å². The summed E-state index contributed by atoms with van der Waals surface area (Å²) in [4.78, 5) is 24.4. The van der Waals surface area contributed by atoms with Crippen LogP contribution in [0.15, 0.2) is 18.2 Å². The van der Waals surface area contributed by atoms with Crippen molar-refractivity contribution in [2.75, 3.05) is 19.8 Å². The second kappa shape index (κ2) is 6.30. The van der Waals surface area contributed by atoms with Crippen molar-refractivity contribution in [3.63, 3.8) is 0 Å². The Morgan fingerprint density at radius 2 is 2.00 bits per heavy atom. The monoisotopic (exact) mass is 298 g/mol. The van der Waals surface area contributed by atoms with Crippen LogP contribution in [0.5, 0.6) is 0 Å². The topological polar surface area (TPSA) is 52.6 Å². The minimum atomic E-state index is -1.52. The standard InChI is InChI=1S/C15H16F2O4/c1-2-21-14(19)15(9-20-4-3-13(15)18)8-10-5-11(16)7-12(17)6-10/h5-7H,2-4,8-9H2,1H3. The van der Waals surface area contributed by atoms with Crippen molar-refractivity contribution in [1.29, 1.82) is 0 Å². The van der Waals surface area contributed by atoms with Crippen molar-refractivity contribution in [3.05, 3.63) is 35.4 Å². The van der Waals surface area contributed by atoms with Crippen LogP contribution in [-0.4, -0.2) is 31.6 Å². The number of rotatable bonds is 4. The molecule has 1 aliphatic rings. The number of hydrogen-bond donors (Lipinski definition) is 0. The summed E-state index contributed by atoms with van der Waals surface area (Å²) in [6.45, 7) is 1.84. The first-order valence-corrected chi connectivity index (χ1v) is 6.71. The van der Waals surface area contributed by atoms with Crippen LogP contribution in [0.25, 0.3) is 0 Å². The molecule has 0 aliphatic carbocycles. The largest absolute Gasteiger partial charge is 0.465 e. The molecule has 1 aromatic carbocycles. The van der Waals surface area contributed by atoms with Gasteiger partial charge >= 0.3 is 5.97 Å². The maximum atomic E-state index is 13.3. The third-order valence-electron chi connectivity index (χ3n) is 3.45. The molecule has 1 saturated heterocycles. The Labute approximate surface area is 121 Å². The van der Waals surface area contributed by atoms with Gasteiger partial charge in [0.1, 0.15) is 11.6 Å². The highest BCUT2D eigenvalue weighted by atomic mass is 19.1. The zero-order valence-electron chi connectivity index (χ0n) is 11.7. The molecule has 0 spiro atoms. The van der Waals surface area contributed by atoms with Crippen LogP contribution in [0.1, 0.15) is 18.9 Å². The van der Waals surface area contributed by atoms with Crippen molar-refractivity contribution in [3.8, 4) is 0 Å². The van der Waals surface area contributed by atoms with Crippen molar-refractivity contribution in [2.24, 2.45) is 5.41 Å². The predicted molar refractivity (Wildman–Crippen MR) is 69.6 cm³/mol. The van der Waals surface area contributed by atoms with Gasteiger partial charge in [-0.25, -0.2) is 8.78 Å². The highest BCUT2D eigenvalue weighted by molar-refractivity contribution is 6.04. The van der Waals surface area contributed by atoms with Crippen LogP contribution in [0.2, 0.25) is 0 Å². The van der Waals surface area contributed by atoms with Crippen molar-refractivity contribution in [2.45, 2.75) is 19.8 Å². The third kappa shape index (κ3) is 3.26. The van der Waals surface area contributed by atoms with Gasteiger partial charge in [0.15, 0.2) is 11.2 Å². The molecule has 1 aromatic rings. The van der Waals surface area contributed by atoms with Gasteiger partial charge in [-0.15, -0.1) is 0 Å². The molecule has 0 aromatic heterocycles. The van der Waals surface area contributed by atoms with E-state index in [-0.39, 0.29) is 44.0 Å². The molecule has 1 aliphatic heterocycles. The maximum absolute atomic E-state index is 13.3. The van der Waals surface area contributed by atoms with E-state index in [0.29, 0.717) is 0 Å². The number of halogens is 2. The summed E-state index contributed by atoms with van der Waals surface area (Å²) >= 11 is 0. The molecule has 21 heavy (non-hydrogen) atoms. The van der Waals surface area contributed by atoms with E-state index in [2.05, 4.69) is 0 Å². The maximum Gasteiger partial charge on any atom is 0.322 e. The molecule has 4 nitrogen and oxygen atoms in total. The lowest BCUT2D eigenvalue weighted by Crippen LogP contribution is -2.49. The Bertz CT molecular complexity index is 538. The van der Waals surface area contributed by atoms with Gasteiger partial charge < -0.3 is 9.47 Å². The van der Waals surface area contributed by atoms with Gasteiger partial charge in [-0.1, -0.05) is 0 Å². The normalized spacial score (nSPS) is 22.1. The Morgan fingerprint density at radius 1 is 1.33 bits per heavy atom. The van der Waals surface area contributed by atoms with Crippen LogP contribution in [0.4, 0.5) is 8.78 Å². The molecule has 0 bridgehead atoms. The van der Waals surface area contributed by atoms with Crippen LogP contribution in [0, 0.1) is 17.0 Å². The van der Waals surface area contributed by atoms with Gasteiger partial charge in [0.25, 0.3) is 0 Å². The summed E-state index contributed by atoms with van der Waals surface area (Å²) in [5.74, 6) is -2.54. The highest BCUT2D eigenvalue weighted by Crippen LogP contribution is 2.32. The molecule has 114 valence electrons. The zero-order chi connectivity index (χ0) is 15.5. The van der Waals surface area contributed by atoms with E-state index in [9.17, 15) is 18.4 Å². The predicted octanol–water partition coefficient (Wildman–Crippen LogP) is 2.05. The molecule has 0 radical (unpaired) electrons. The Kier molecular flexibility index (Phi) is 4.67. The van der Waals surface area contributed by atoms with E-state index in [0.717, 1.165) is 18.2 Å². The van der Waals surface area contributed by atoms with E-state index in [1.165, 1.54) is 0 Å². The van der Waals surface area contributed by atoms with Crippen molar-refractivity contribution < 1.29 is 27.8 Å². The Morgan fingerprint density at radius 3 is 2.57 bits per heavy atom. The molecule has 2 rings (SSSR count). The smallest absolute Gasteiger partial charge is 0.322 e. The summed E-state index contributed by atoms with van der Waals surface area (Å²) < 4.78 is 36.8. The van der Waals surface area contributed by atoms with Gasteiger partial charge in [-0.05, 0) is 31.0 Å². The lowest BCUT2D eigenvalue weighted by atomic mass is 9.76. The fourth-order valence-electron chi connectivity index (χ4n) is 2.46. The minimum Gasteiger partial charge on any atom is -0.465 e. The summed E-state index contributed by atoms with van der Waals surface area (Å²) in [5, 5.41) is 0. The van der Waals surface area contributed by atoms with Gasteiger partial charge in [0, 0.05) is 12.5 Å². The molecular weight excluding hydrogens is 282 g/mol. The molecular formula is C15H16F2O4. The summed E-state index contributed by atoms with van der Waals surface area (Å²) in [5.41, 5.74) is -1.30. The number of carbonyl (C=O) groups is 2. The first-order valence-electron chi connectivity index (χ1n) is 6.71. The molecule has 1 unspecified atom stereocenters. The van der Waals surface area contributed by atoms with E-state index in [1.54, 1.807) is 6.92 Å². The van der Waals surface area contributed by atoms with Crippen LogP contribution in [0.3, 0.4) is 0 Å². The SMILES string of the molecule is CCOC(=O)C1(Cc2cc(F)cc(F)c2)COCCC1=O. The Balaban J connectivity index is 2.35. The first-order chi connectivity index (χ1) is 9.98. The number of ether oxygens (including phenoxy) is 2. The van der Waals surface area contributed by atoms with Gasteiger partial charge in [-0.2, -0.15) is 0 Å². The summed E-state index contributed by atoms with van der Waals surface area (Å²) in [6, 6.07) is 2.94. The molecule has 1 fully saturated rings. The summed E-state index contributed by atoms with van der Waals surface area (Å²) in [7, 11) is 0. The van der Waals surface area contributed by atoms with Gasteiger partial charge in [0.2, 0.25) is 0 Å². The fraction of sp³-hybridized carbons (Fsp3) is 0.467. The third-order valence-corrected chi connectivity index (χ3v) is 3.45.